The smallest absolute Gasteiger partial charge is 0.247 e. The van der Waals surface area contributed by atoms with Crippen molar-refractivity contribution in [2.24, 2.45) is 0 Å². The van der Waals surface area contributed by atoms with Crippen LogP contribution in [0, 0.1) is 6.92 Å². The third kappa shape index (κ3) is 2.89. The summed E-state index contributed by atoms with van der Waals surface area (Å²) in [4.78, 5) is 2.13. The fourth-order valence-electron chi connectivity index (χ4n) is 2.50. The van der Waals surface area contributed by atoms with Crippen LogP contribution in [0.1, 0.15) is 24.8 Å². The fraction of sp³-hybridized carbons (Fsp3) is 0.467. The molecule has 2 heterocycles. The zero-order chi connectivity index (χ0) is 14.2. The van der Waals surface area contributed by atoms with Crippen molar-refractivity contribution in [3.63, 3.8) is 0 Å². The number of benzene rings is 1. The zero-order valence-corrected chi connectivity index (χ0v) is 11.8. The minimum absolute atomic E-state index is 0.547. The summed E-state index contributed by atoms with van der Waals surface area (Å²) in [5, 5.41) is 18.1. The van der Waals surface area contributed by atoms with Crippen molar-refractivity contribution in [1.82, 2.24) is 15.1 Å². The molecule has 1 fully saturated rings. The molecule has 2 aromatic rings. The molecule has 1 N–H and O–H groups in total. The highest BCUT2D eigenvalue weighted by atomic mass is 16.4. The Kier molecular flexibility index (Phi) is 3.31. The van der Waals surface area contributed by atoms with E-state index in [0.29, 0.717) is 24.9 Å². The van der Waals surface area contributed by atoms with Gasteiger partial charge >= 0.3 is 0 Å². The van der Waals surface area contributed by atoms with Crippen LogP contribution >= 0.6 is 0 Å². The van der Waals surface area contributed by atoms with Gasteiger partial charge in [-0.3, -0.25) is 4.90 Å². The topological polar surface area (TPSA) is 62.4 Å². The molecular weight excluding hydrogens is 254 g/mol. The lowest BCUT2D eigenvalue weighted by Gasteiger charge is -2.16. The van der Waals surface area contributed by atoms with E-state index >= 15 is 0 Å². The van der Waals surface area contributed by atoms with E-state index in [4.69, 9.17) is 4.42 Å². The molecule has 1 saturated heterocycles. The molecule has 0 spiro atoms. The van der Waals surface area contributed by atoms with Gasteiger partial charge < -0.3 is 9.52 Å². The second kappa shape index (κ2) is 5.00. The van der Waals surface area contributed by atoms with Gasteiger partial charge in [0.2, 0.25) is 11.8 Å². The Hall–Kier alpha value is -1.72. The maximum Gasteiger partial charge on any atom is 0.247 e. The van der Waals surface area contributed by atoms with Crippen LogP contribution in [-0.4, -0.2) is 38.9 Å². The Labute approximate surface area is 118 Å². The SMILES string of the molecule is Cc1ccc(-c2nnc(CN3CCC(C)(O)C3)o2)cc1. The van der Waals surface area contributed by atoms with E-state index in [1.165, 1.54) is 5.56 Å². The summed E-state index contributed by atoms with van der Waals surface area (Å²) in [5.41, 5.74) is 1.54. The number of β-amino-alcohol motifs (C(OH)–C–C–N with tert-alkyl or cyclic N) is 1. The largest absolute Gasteiger partial charge is 0.419 e. The maximum absolute atomic E-state index is 9.94. The highest BCUT2D eigenvalue weighted by Crippen LogP contribution is 2.23. The molecule has 0 amide bonds. The molecule has 20 heavy (non-hydrogen) atoms. The summed E-state index contributed by atoms with van der Waals surface area (Å²) in [6.07, 6.45) is 0.784. The molecule has 1 atom stereocenters. The number of aromatic nitrogens is 2. The zero-order valence-electron chi connectivity index (χ0n) is 11.8. The summed E-state index contributed by atoms with van der Waals surface area (Å²) < 4.78 is 5.69. The Morgan fingerprint density at radius 2 is 2.05 bits per heavy atom. The Morgan fingerprint density at radius 1 is 1.30 bits per heavy atom. The van der Waals surface area contributed by atoms with Gasteiger partial charge in [-0.15, -0.1) is 10.2 Å². The van der Waals surface area contributed by atoms with Crippen molar-refractivity contribution >= 4 is 0 Å². The van der Waals surface area contributed by atoms with Crippen molar-refractivity contribution < 1.29 is 9.52 Å². The fourth-order valence-corrected chi connectivity index (χ4v) is 2.50. The maximum atomic E-state index is 9.94. The molecule has 0 saturated carbocycles. The number of hydrogen-bond donors (Lipinski definition) is 1. The predicted octanol–water partition coefficient (Wildman–Crippen LogP) is 2.00. The molecule has 5 nitrogen and oxygen atoms in total. The standard InChI is InChI=1S/C15H19N3O2/c1-11-3-5-12(6-4-11)14-17-16-13(20-14)9-18-8-7-15(2,19)10-18/h3-6,19H,7-10H2,1-2H3. The van der Waals surface area contributed by atoms with Crippen LogP contribution < -0.4 is 0 Å². The summed E-state index contributed by atoms with van der Waals surface area (Å²) >= 11 is 0. The van der Waals surface area contributed by atoms with Crippen molar-refractivity contribution in [3.8, 4) is 11.5 Å². The number of aryl methyl sites for hydroxylation is 1. The molecule has 0 bridgehead atoms. The first-order valence-electron chi connectivity index (χ1n) is 6.86. The average Bonchev–Trinajstić information content (AvgIpc) is 2.98. The lowest BCUT2D eigenvalue weighted by atomic mass is 10.1. The van der Waals surface area contributed by atoms with Gasteiger partial charge in [0.05, 0.1) is 12.1 Å². The molecule has 1 unspecified atom stereocenters. The lowest BCUT2D eigenvalue weighted by molar-refractivity contribution is 0.0668. The molecular formula is C15H19N3O2. The van der Waals surface area contributed by atoms with E-state index in [-0.39, 0.29) is 0 Å². The summed E-state index contributed by atoms with van der Waals surface area (Å²) in [6, 6.07) is 8.01. The van der Waals surface area contributed by atoms with Crippen LogP contribution in [-0.2, 0) is 6.54 Å². The summed E-state index contributed by atoms with van der Waals surface area (Å²) in [5.74, 6) is 1.14. The van der Waals surface area contributed by atoms with Crippen LogP contribution in [0.2, 0.25) is 0 Å². The van der Waals surface area contributed by atoms with Crippen molar-refractivity contribution in [2.45, 2.75) is 32.4 Å². The first-order valence-corrected chi connectivity index (χ1v) is 6.86. The summed E-state index contributed by atoms with van der Waals surface area (Å²) in [7, 11) is 0. The van der Waals surface area contributed by atoms with Gasteiger partial charge in [-0.1, -0.05) is 17.7 Å². The Bertz CT molecular complexity index is 589. The van der Waals surface area contributed by atoms with Gasteiger partial charge in [-0.2, -0.15) is 0 Å². The van der Waals surface area contributed by atoms with Crippen LogP contribution in [0.25, 0.3) is 11.5 Å². The quantitative estimate of drug-likeness (QED) is 0.926. The van der Waals surface area contributed by atoms with Crippen molar-refractivity contribution in [1.29, 1.82) is 0 Å². The molecule has 106 valence electrons. The van der Waals surface area contributed by atoms with E-state index < -0.39 is 5.60 Å². The van der Waals surface area contributed by atoms with Gasteiger partial charge in [-0.25, -0.2) is 0 Å². The van der Waals surface area contributed by atoms with E-state index in [2.05, 4.69) is 15.1 Å². The van der Waals surface area contributed by atoms with Crippen molar-refractivity contribution in [2.75, 3.05) is 13.1 Å². The molecule has 1 aromatic carbocycles. The lowest BCUT2D eigenvalue weighted by Crippen LogP contribution is -2.29. The van der Waals surface area contributed by atoms with Gasteiger partial charge in [0.1, 0.15) is 0 Å². The third-order valence-corrected chi connectivity index (χ3v) is 3.66. The van der Waals surface area contributed by atoms with E-state index in [0.717, 1.165) is 18.5 Å². The average molecular weight is 273 g/mol. The molecule has 0 radical (unpaired) electrons. The second-order valence-electron chi connectivity index (χ2n) is 5.82. The van der Waals surface area contributed by atoms with Crippen molar-refractivity contribution in [3.05, 3.63) is 35.7 Å². The molecule has 3 rings (SSSR count). The molecule has 1 aromatic heterocycles. The third-order valence-electron chi connectivity index (χ3n) is 3.66. The predicted molar refractivity (Wildman–Crippen MR) is 75.0 cm³/mol. The van der Waals surface area contributed by atoms with E-state index in [1.54, 1.807) is 0 Å². The number of rotatable bonds is 3. The number of nitrogens with zero attached hydrogens (tertiary/aromatic N) is 3. The van der Waals surface area contributed by atoms with E-state index in [9.17, 15) is 5.11 Å². The van der Waals surface area contributed by atoms with Crippen LogP contribution in [0.4, 0.5) is 0 Å². The Morgan fingerprint density at radius 3 is 2.70 bits per heavy atom. The first-order chi connectivity index (χ1) is 9.52. The van der Waals surface area contributed by atoms with Gasteiger partial charge in [0.15, 0.2) is 0 Å². The summed E-state index contributed by atoms with van der Waals surface area (Å²) in [6.45, 7) is 6.00. The first kappa shape index (κ1) is 13.3. The molecule has 1 aliphatic heterocycles. The highest BCUT2D eigenvalue weighted by Gasteiger charge is 2.31. The Balaban J connectivity index is 1.70. The number of aliphatic hydroxyl groups is 1. The highest BCUT2D eigenvalue weighted by molar-refractivity contribution is 5.52. The van der Waals surface area contributed by atoms with E-state index in [1.807, 2.05) is 38.1 Å². The van der Waals surface area contributed by atoms with Crippen LogP contribution in [0.15, 0.2) is 28.7 Å². The molecule has 5 heteroatoms. The minimum atomic E-state index is -0.597. The monoisotopic (exact) mass is 273 g/mol. The van der Waals surface area contributed by atoms with Gasteiger partial charge in [-0.05, 0) is 32.4 Å². The molecule has 0 aliphatic carbocycles. The minimum Gasteiger partial charge on any atom is -0.419 e. The van der Waals surface area contributed by atoms with Crippen LogP contribution in [0.3, 0.4) is 0 Å². The normalized spacial score (nSPS) is 23.4. The number of hydrogen-bond acceptors (Lipinski definition) is 5. The molecule has 1 aliphatic rings. The number of likely N-dealkylation sites (tertiary alicyclic amines) is 1. The van der Waals surface area contributed by atoms with Gasteiger partial charge in [0, 0.05) is 18.7 Å². The van der Waals surface area contributed by atoms with Crippen LogP contribution in [0.5, 0.6) is 0 Å². The second-order valence-corrected chi connectivity index (χ2v) is 5.82. The van der Waals surface area contributed by atoms with Gasteiger partial charge in [0.25, 0.3) is 0 Å².